The number of rotatable bonds is 5. The average molecular weight is 395 g/mol. The molecule has 0 aliphatic carbocycles. The average Bonchev–Trinajstić information content (AvgIpc) is 3.07. The van der Waals surface area contributed by atoms with E-state index in [4.69, 9.17) is 17.0 Å². The van der Waals surface area contributed by atoms with Crippen LogP contribution >= 0.6 is 12.2 Å². The van der Waals surface area contributed by atoms with Gasteiger partial charge in [0.1, 0.15) is 5.82 Å². The van der Waals surface area contributed by atoms with Crippen LogP contribution in [-0.2, 0) is 4.74 Å². The lowest BCUT2D eigenvalue weighted by Crippen LogP contribution is -2.19. The zero-order valence-corrected chi connectivity index (χ0v) is 16.8. The molecule has 0 saturated heterocycles. The maximum atomic E-state index is 12.0. The van der Waals surface area contributed by atoms with Gasteiger partial charge in [0.05, 0.1) is 18.4 Å². The Labute approximate surface area is 169 Å². The summed E-state index contributed by atoms with van der Waals surface area (Å²) in [7, 11) is 0. The van der Waals surface area contributed by atoms with Gasteiger partial charge in [-0.05, 0) is 73.9 Å². The maximum absolute atomic E-state index is 12.0. The number of hydrogen-bond acceptors (Lipinski definition) is 4. The van der Waals surface area contributed by atoms with E-state index in [-0.39, 0.29) is 5.97 Å². The highest BCUT2D eigenvalue weighted by atomic mass is 32.1. The van der Waals surface area contributed by atoms with Gasteiger partial charge in [-0.15, -0.1) is 0 Å². The highest BCUT2D eigenvalue weighted by molar-refractivity contribution is 7.80. The molecule has 1 aromatic heterocycles. The number of thiocarbonyl (C=S) groups is 1. The molecular formula is C21H22N4O2S. The van der Waals surface area contributed by atoms with Crippen LogP contribution in [0.1, 0.15) is 28.4 Å². The number of hydrogen-bond donors (Lipinski definition) is 3. The first-order valence-electron chi connectivity index (χ1n) is 8.94. The minimum atomic E-state index is -0.312. The van der Waals surface area contributed by atoms with Crippen molar-refractivity contribution in [2.45, 2.75) is 20.8 Å². The van der Waals surface area contributed by atoms with Crippen LogP contribution in [0.3, 0.4) is 0 Å². The summed E-state index contributed by atoms with van der Waals surface area (Å²) in [5.74, 6) is 0.452. The zero-order chi connectivity index (χ0) is 20.1. The normalized spacial score (nSPS) is 10.4. The highest BCUT2D eigenvalue weighted by Crippen LogP contribution is 2.26. The van der Waals surface area contributed by atoms with Gasteiger partial charge in [0.15, 0.2) is 5.11 Å². The van der Waals surface area contributed by atoms with Gasteiger partial charge in [0.2, 0.25) is 0 Å². The van der Waals surface area contributed by atoms with Gasteiger partial charge in [-0.3, -0.25) is 5.10 Å². The van der Waals surface area contributed by atoms with Crippen LogP contribution in [0.5, 0.6) is 0 Å². The van der Waals surface area contributed by atoms with E-state index in [9.17, 15) is 4.79 Å². The second-order valence-corrected chi connectivity index (χ2v) is 6.74. The van der Waals surface area contributed by atoms with Gasteiger partial charge < -0.3 is 15.4 Å². The lowest BCUT2D eigenvalue weighted by Gasteiger charge is -2.12. The number of carbonyl (C=O) groups is 1. The predicted molar refractivity (Wildman–Crippen MR) is 116 cm³/mol. The molecule has 0 unspecified atom stereocenters. The fraction of sp³-hybridized carbons (Fsp3) is 0.190. The van der Waals surface area contributed by atoms with Crippen LogP contribution in [0, 0.1) is 13.8 Å². The van der Waals surface area contributed by atoms with Crippen molar-refractivity contribution in [3.8, 4) is 11.1 Å². The smallest absolute Gasteiger partial charge is 0.338 e. The molecule has 0 amide bonds. The van der Waals surface area contributed by atoms with E-state index >= 15 is 0 Å². The Morgan fingerprint density at radius 1 is 1.11 bits per heavy atom. The first kappa shape index (κ1) is 19.6. The van der Waals surface area contributed by atoms with Crippen molar-refractivity contribution in [2.75, 3.05) is 17.2 Å². The Morgan fingerprint density at radius 3 is 2.50 bits per heavy atom. The number of ether oxygens (including phenoxy) is 1. The molecule has 3 N–H and O–H groups in total. The summed E-state index contributed by atoms with van der Waals surface area (Å²) < 4.78 is 5.10. The number of nitrogens with one attached hydrogen (secondary N) is 3. The molecule has 7 heteroatoms. The summed E-state index contributed by atoms with van der Waals surface area (Å²) in [6.07, 6.45) is 1.73. The number of nitrogens with zero attached hydrogens (tertiary/aromatic N) is 1. The summed E-state index contributed by atoms with van der Waals surface area (Å²) >= 11 is 5.34. The number of carbonyl (C=O) groups excluding carboxylic acids is 1. The Kier molecular flexibility index (Phi) is 6.06. The van der Waals surface area contributed by atoms with Crippen LogP contribution in [0.4, 0.5) is 11.5 Å². The molecule has 1 heterocycles. The fourth-order valence-electron chi connectivity index (χ4n) is 2.76. The largest absolute Gasteiger partial charge is 0.462 e. The Hall–Kier alpha value is -3.19. The maximum Gasteiger partial charge on any atom is 0.338 e. The first-order valence-corrected chi connectivity index (χ1v) is 9.35. The minimum Gasteiger partial charge on any atom is -0.462 e. The van der Waals surface area contributed by atoms with E-state index in [1.165, 1.54) is 0 Å². The molecule has 0 fully saturated rings. The zero-order valence-electron chi connectivity index (χ0n) is 16.0. The molecule has 0 bridgehead atoms. The molecular weight excluding hydrogens is 372 g/mol. The molecule has 3 rings (SSSR count). The standard InChI is InChI=1S/C21H22N4O2S/c1-4-27-20(26)16-6-5-13(2)18(11-16)15-7-9-17(10-8-15)23-21(28)24-19-14(3)12-22-25-19/h5-12H,4H2,1-3H3,(H3,22,23,24,25,28). The van der Waals surface area contributed by atoms with E-state index in [1.54, 1.807) is 19.2 Å². The molecule has 0 saturated carbocycles. The third-order valence-electron chi connectivity index (χ3n) is 4.27. The van der Waals surface area contributed by atoms with Crippen molar-refractivity contribution in [1.82, 2.24) is 10.2 Å². The van der Waals surface area contributed by atoms with E-state index in [0.29, 0.717) is 17.3 Å². The number of aromatic nitrogens is 2. The lowest BCUT2D eigenvalue weighted by atomic mass is 9.98. The van der Waals surface area contributed by atoms with Gasteiger partial charge in [-0.1, -0.05) is 18.2 Å². The molecule has 0 atom stereocenters. The number of benzene rings is 2. The summed E-state index contributed by atoms with van der Waals surface area (Å²) in [5, 5.41) is 13.5. The number of H-pyrrole nitrogens is 1. The van der Waals surface area contributed by atoms with Crippen molar-refractivity contribution in [2.24, 2.45) is 0 Å². The molecule has 0 spiro atoms. The first-order chi connectivity index (χ1) is 13.5. The quantitative estimate of drug-likeness (QED) is 0.431. The van der Waals surface area contributed by atoms with E-state index < -0.39 is 0 Å². The van der Waals surface area contributed by atoms with Gasteiger partial charge in [0.25, 0.3) is 0 Å². The Morgan fingerprint density at radius 2 is 1.86 bits per heavy atom. The number of anilines is 2. The lowest BCUT2D eigenvalue weighted by molar-refractivity contribution is 0.0526. The van der Waals surface area contributed by atoms with Crippen LogP contribution in [0.2, 0.25) is 0 Å². The van der Waals surface area contributed by atoms with Crippen molar-refractivity contribution in [1.29, 1.82) is 0 Å². The molecule has 0 aliphatic heterocycles. The number of esters is 1. The van der Waals surface area contributed by atoms with Gasteiger partial charge in [-0.25, -0.2) is 4.79 Å². The Balaban J connectivity index is 1.73. The number of aromatic amines is 1. The van der Waals surface area contributed by atoms with Gasteiger partial charge in [0, 0.05) is 11.3 Å². The van der Waals surface area contributed by atoms with Crippen molar-refractivity contribution < 1.29 is 9.53 Å². The predicted octanol–water partition coefficient (Wildman–Crippen LogP) is 4.68. The van der Waals surface area contributed by atoms with E-state index in [1.807, 2.05) is 50.2 Å². The van der Waals surface area contributed by atoms with Crippen LogP contribution in [-0.4, -0.2) is 27.9 Å². The van der Waals surface area contributed by atoms with E-state index in [2.05, 4.69) is 20.8 Å². The molecule has 0 radical (unpaired) electrons. The second kappa shape index (κ2) is 8.67. The summed E-state index contributed by atoms with van der Waals surface area (Å²) in [6, 6.07) is 13.4. The summed E-state index contributed by atoms with van der Waals surface area (Å²) in [4.78, 5) is 12.0. The molecule has 3 aromatic rings. The summed E-state index contributed by atoms with van der Waals surface area (Å²) in [5.41, 5.74) is 5.48. The van der Waals surface area contributed by atoms with Gasteiger partial charge >= 0.3 is 5.97 Å². The summed E-state index contributed by atoms with van der Waals surface area (Å²) in [6.45, 7) is 6.11. The van der Waals surface area contributed by atoms with Crippen molar-refractivity contribution in [3.05, 3.63) is 65.4 Å². The fourth-order valence-corrected chi connectivity index (χ4v) is 2.98. The second-order valence-electron chi connectivity index (χ2n) is 6.33. The topological polar surface area (TPSA) is 79.0 Å². The third-order valence-corrected chi connectivity index (χ3v) is 4.47. The highest BCUT2D eigenvalue weighted by Gasteiger charge is 2.10. The third kappa shape index (κ3) is 4.55. The molecule has 144 valence electrons. The SMILES string of the molecule is CCOC(=O)c1ccc(C)c(-c2ccc(NC(=S)Nc3[nH]ncc3C)cc2)c1. The van der Waals surface area contributed by atoms with Crippen molar-refractivity contribution in [3.63, 3.8) is 0 Å². The molecule has 28 heavy (non-hydrogen) atoms. The van der Waals surface area contributed by atoms with Crippen LogP contribution < -0.4 is 10.6 Å². The van der Waals surface area contributed by atoms with Crippen molar-refractivity contribution >= 4 is 34.8 Å². The van der Waals surface area contributed by atoms with Crippen LogP contribution in [0.25, 0.3) is 11.1 Å². The van der Waals surface area contributed by atoms with E-state index in [0.717, 1.165) is 33.8 Å². The number of aryl methyl sites for hydroxylation is 2. The minimum absolute atomic E-state index is 0.312. The molecule has 6 nitrogen and oxygen atoms in total. The van der Waals surface area contributed by atoms with Crippen LogP contribution in [0.15, 0.2) is 48.7 Å². The molecule has 2 aromatic carbocycles. The monoisotopic (exact) mass is 394 g/mol. The molecule has 0 aliphatic rings. The Bertz CT molecular complexity index is 996. The van der Waals surface area contributed by atoms with Gasteiger partial charge in [-0.2, -0.15) is 5.10 Å².